The van der Waals surface area contributed by atoms with Gasteiger partial charge in [0.15, 0.2) is 17.5 Å². The molecule has 0 atom stereocenters. The third kappa shape index (κ3) is 6.99. The smallest absolute Gasteiger partial charge is 0.191 e. The second-order valence-electron chi connectivity index (χ2n) is 5.45. The van der Waals surface area contributed by atoms with E-state index in [1.54, 1.807) is 23.5 Å². The Balaban J connectivity index is 0.00000338. The van der Waals surface area contributed by atoms with Gasteiger partial charge in [-0.1, -0.05) is 13.0 Å². The normalized spacial score (nSPS) is 11.0. The number of phenols is 1. The highest BCUT2D eigenvalue weighted by atomic mass is 127. The summed E-state index contributed by atoms with van der Waals surface area (Å²) in [6.07, 6.45) is 3.86. The van der Waals surface area contributed by atoms with Gasteiger partial charge in [-0.15, -0.1) is 35.3 Å². The van der Waals surface area contributed by atoms with Crippen molar-refractivity contribution < 1.29 is 9.84 Å². The van der Waals surface area contributed by atoms with Crippen LogP contribution in [0.3, 0.4) is 0 Å². The molecular weight excluding hydrogens is 463 g/mol. The van der Waals surface area contributed by atoms with Crippen LogP contribution in [-0.4, -0.2) is 36.2 Å². The summed E-state index contributed by atoms with van der Waals surface area (Å²) >= 11 is 1.76. The molecule has 0 unspecified atom stereocenters. The van der Waals surface area contributed by atoms with Crippen LogP contribution in [0.2, 0.25) is 0 Å². The number of aliphatic imine (C=N–C) groups is 1. The Morgan fingerprint density at radius 3 is 2.73 bits per heavy atom. The van der Waals surface area contributed by atoms with Crippen molar-refractivity contribution in [3.05, 3.63) is 39.8 Å². The summed E-state index contributed by atoms with van der Waals surface area (Å²) < 4.78 is 5.05. The zero-order valence-electron chi connectivity index (χ0n) is 15.4. The number of hydrogen-bond acceptors (Lipinski definition) is 5. The predicted octanol–water partition coefficient (Wildman–Crippen LogP) is 3.34. The van der Waals surface area contributed by atoms with Gasteiger partial charge >= 0.3 is 0 Å². The van der Waals surface area contributed by atoms with Crippen molar-refractivity contribution in [2.45, 2.75) is 33.2 Å². The lowest BCUT2D eigenvalue weighted by molar-refractivity contribution is 0.373. The minimum Gasteiger partial charge on any atom is -0.504 e. The molecule has 0 saturated heterocycles. The van der Waals surface area contributed by atoms with E-state index in [0.29, 0.717) is 12.3 Å². The standard InChI is InChI=1S/C18H26N4O2S.HI/c1-4-14-12-21-17(25-14)8-9-20-18(19-5-2)22-11-13-6-7-16(24-3)15(23)10-13;/h6-7,10,12,23H,4-5,8-9,11H2,1-3H3,(H2,19,20,22);1H. The number of guanidine groups is 1. The lowest BCUT2D eigenvalue weighted by Gasteiger charge is -2.11. The van der Waals surface area contributed by atoms with E-state index in [-0.39, 0.29) is 29.7 Å². The monoisotopic (exact) mass is 490 g/mol. The highest BCUT2D eigenvalue weighted by Gasteiger charge is 2.04. The zero-order chi connectivity index (χ0) is 18.1. The van der Waals surface area contributed by atoms with Gasteiger partial charge in [0.2, 0.25) is 0 Å². The number of ether oxygens (including phenoxy) is 1. The Labute approximate surface area is 176 Å². The van der Waals surface area contributed by atoms with Crippen LogP contribution in [0, 0.1) is 0 Å². The minimum atomic E-state index is 0. The van der Waals surface area contributed by atoms with E-state index >= 15 is 0 Å². The number of methoxy groups -OCH3 is 1. The van der Waals surface area contributed by atoms with Gasteiger partial charge in [0.1, 0.15) is 0 Å². The van der Waals surface area contributed by atoms with Crippen molar-refractivity contribution >= 4 is 41.3 Å². The zero-order valence-corrected chi connectivity index (χ0v) is 18.6. The van der Waals surface area contributed by atoms with E-state index in [9.17, 15) is 5.11 Å². The first-order chi connectivity index (χ1) is 12.2. The van der Waals surface area contributed by atoms with E-state index in [2.05, 4.69) is 27.5 Å². The highest BCUT2D eigenvalue weighted by molar-refractivity contribution is 14.0. The molecule has 26 heavy (non-hydrogen) atoms. The molecule has 0 spiro atoms. The van der Waals surface area contributed by atoms with Crippen molar-refractivity contribution in [3.8, 4) is 11.5 Å². The third-order valence-electron chi connectivity index (χ3n) is 3.59. The first-order valence-corrected chi connectivity index (χ1v) is 9.29. The molecule has 1 aromatic carbocycles. The van der Waals surface area contributed by atoms with Gasteiger partial charge in [0.25, 0.3) is 0 Å². The quantitative estimate of drug-likeness (QED) is 0.301. The van der Waals surface area contributed by atoms with Crippen LogP contribution in [0.4, 0.5) is 0 Å². The fourth-order valence-electron chi connectivity index (χ4n) is 2.26. The van der Waals surface area contributed by atoms with Crippen LogP contribution in [-0.2, 0) is 19.4 Å². The van der Waals surface area contributed by atoms with Gasteiger partial charge in [-0.2, -0.15) is 0 Å². The summed E-state index contributed by atoms with van der Waals surface area (Å²) in [6.45, 7) is 6.21. The van der Waals surface area contributed by atoms with Crippen LogP contribution in [0.1, 0.15) is 29.3 Å². The van der Waals surface area contributed by atoms with E-state index < -0.39 is 0 Å². The summed E-state index contributed by atoms with van der Waals surface area (Å²) in [5.74, 6) is 1.35. The van der Waals surface area contributed by atoms with Crippen molar-refractivity contribution in [1.82, 2.24) is 15.6 Å². The topological polar surface area (TPSA) is 78.8 Å². The van der Waals surface area contributed by atoms with Gasteiger partial charge in [-0.25, -0.2) is 9.98 Å². The molecule has 2 aromatic rings. The molecule has 0 radical (unpaired) electrons. The number of aromatic nitrogens is 1. The van der Waals surface area contributed by atoms with E-state index in [0.717, 1.165) is 42.5 Å². The lowest BCUT2D eigenvalue weighted by Crippen LogP contribution is -2.38. The lowest BCUT2D eigenvalue weighted by atomic mass is 10.2. The Kier molecular flexibility index (Phi) is 10.3. The molecule has 0 bridgehead atoms. The van der Waals surface area contributed by atoms with Crippen molar-refractivity contribution in [2.24, 2.45) is 4.99 Å². The average molecular weight is 490 g/mol. The van der Waals surface area contributed by atoms with E-state index in [4.69, 9.17) is 4.74 Å². The molecule has 0 fully saturated rings. The highest BCUT2D eigenvalue weighted by Crippen LogP contribution is 2.26. The molecule has 0 saturated carbocycles. The first-order valence-electron chi connectivity index (χ1n) is 8.47. The summed E-state index contributed by atoms with van der Waals surface area (Å²) in [6, 6.07) is 5.32. The number of phenolic OH excluding ortho intramolecular Hbond substituents is 1. The summed E-state index contributed by atoms with van der Waals surface area (Å²) in [5.41, 5.74) is 0.919. The Hall–Kier alpha value is -1.55. The number of aryl methyl sites for hydroxylation is 1. The number of thiazole rings is 1. The first kappa shape index (κ1) is 22.5. The SMILES string of the molecule is CCNC(=NCc1ccc(OC)c(O)c1)NCCc1ncc(CC)s1.I. The number of aromatic hydroxyl groups is 1. The summed E-state index contributed by atoms with van der Waals surface area (Å²) in [7, 11) is 1.53. The van der Waals surface area contributed by atoms with Gasteiger partial charge < -0.3 is 20.5 Å². The average Bonchev–Trinajstić information content (AvgIpc) is 3.08. The van der Waals surface area contributed by atoms with Crippen LogP contribution in [0.5, 0.6) is 11.5 Å². The number of nitrogens with zero attached hydrogens (tertiary/aromatic N) is 2. The van der Waals surface area contributed by atoms with E-state index in [1.165, 1.54) is 12.0 Å². The van der Waals surface area contributed by atoms with Crippen LogP contribution in [0.15, 0.2) is 29.4 Å². The van der Waals surface area contributed by atoms with Crippen LogP contribution in [0.25, 0.3) is 0 Å². The minimum absolute atomic E-state index is 0. The fourth-order valence-corrected chi connectivity index (χ4v) is 3.12. The Bertz CT molecular complexity index is 706. The van der Waals surface area contributed by atoms with Gasteiger partial charge in [-0.05, 0) is 31.0 Å². The van der Waals surface area contributed by atoms with E-state index in [1.807, 2.05) is 19.2 Å². The molecule has 8 heteroatoms. The second kappa shape index (κ2) is 11.9. The molecule has 144 valence electrons. The predicted molar refractivity (Wildman–Crippen MR) is 118 cm³/mol. The van der Waals surface area contributed by atoms with Gasteiger partial charge in [-0.3, -0.25) is 0 Å². The number of nitrogens with one attached hydrogen (secondary N) is 2. The third-order valence-corrected chi connectivity index (χ3v) is 4.79. The maximum atomic E-state index is 9.84. The van der Waals surface area contributed by atoms with Crippen molar-refractivity contribution in [1.29, 1.82) is 0 Å². The maximum Gasteiger partial charge on any atom is 0.191 e. The molecule has 3 N–H and O–H groups in total. The summed E-state index contributed by atoms with van der Waals surface area (Å²) in [4.78, 5) is 10.3. The molecule has 1 heterocycles. The molecule has 0 aliphatic rings. The largest absolute Gasteiger partial charge is 0.504 e. The second-order valence-corrected chi connectivity index (χ2v) is 6.65. The van der Waals surface area contributed by atoms with Crippen LogP contribution >= 0.6 is 35.3 Å². The molecule has 2 rings (SSSR count). The molecular formula is C18H27IN4O2S. The van der Waals surface area contributed by atoms with Crippen molar-refractivity contribution in [2.75, 3.05) is 20.2 Å². The van der Waals surface area contributed by atoms with Gasteiger partial charge in [0.05, 0.1) is 18.7 Å². The Morgan fingerprint density at radius 2 is 2.12 bits per heavy atom. The molecule has 6 nitrogen and oxygen atoms in total. The van der Waals surface area contributed by atoms with Crippen LogP contribution < -0.4 is 15.4 Å². The fraction of sp³-hybridized carbons (Fsp3) is 0.444. The van der Waals surface area contributed by atoms with Crippen molar-refractivity contribution in [3.63, 3.8) is 0 Å². The number of rotatable bonds is 8. The molecule has 0 aliphatic heterocycles. The number of benzene rings is 1. The molecule has 1 aromatic heterocycles. The number of halogens is 1. The number of hydrogen-bond donors (Lipinski definition) is 3. The molecule has 0 amide bonds. The summed E-state index contributed by atoms with van der Waals surface area (Å²) in [5, 5.41) is 17.5. The Morgan fingerprint density at radius 1 is 1.31 bits per heavy atom. The molecule has 0 aliphatic carbocycles. The maximum absolute atomic E-state index is 9.84. The van der Waals surface area contributed by atoms with Gasteiger partial charge in [0, 0.05) is 30.6 Å².